The van der Waals surface area contributed by atoms with Crippen molar-refractivity contribution < 1.29 is 10.2 Å². The molecule has 0 aliphatic rings. The Morgan fingerprint density at radius 3 is 3.00 bits per heavy atom. The Hall–Kier alpha value is -1.50. The molecule has 2 aromatic heterocycles. The predicted molar refractivity (Wildman–Crippen MR) is 57.9 cm³/mol. The number of likely N-dealkylation sites (N-methyl/N-ethyl adjacent to an activating group) is 1. The summed E-state index contributed by atoms with van der Waals surface area (Å²) >= 11 is 0. The number of hydrogen-bond donors (Lipinski definition) is 3. The van der Waals surface area contributed by atoms with Crippen molar-refractivity contribution in [2.75, 3.05) is 13.6 Å². The van der Waals surface area contributed by atoms with Crippen LogP contribution in [0.1, 0.15) is 11.8 Å². The van der Waals surface area contributed by atoms with Crippen molar-refractivity contribution in [1.82, 2.24) is 19.7 Å². The monoisotopic (exact) mass is 222 g/mol. The number of fused-ring (bicyclic) bond motifs is 1. The first kappa shape index (κ1) is 11.0. The van der Waals surface area contributed by atoms with Gasteiger partial charge in [0.05, 0.1) is 18.0 Å². The molecule has 0 aliphatic heterocycles. The topological polar surface area (TPSA) is 82.7 Å². The lowest BCUT2D eigenvalue weighted by atomic mass is 10.1. The molecule has 0 bridgehead atoms. The molecule has 0 spiro atoms. The molecule has 3 N–H and O–H groups in total. The molecule has 2 unspecified atom stereocenters. The zero-order chi connectivity index (χ0) is 11.5. The average Bonchev–Trinajstić information content (AvgIpc) is 2.72. The van der Waals surface area contributed by atoms with Gasteiger partial charge in [0.2, 0.25) is 5.78 Å². The maximum atomic E-state index is 9.93. The summed E-state index contributed by atoms with van der Waals surface area (Å²) < 4.78 is 1.66. The summed E-state index contributed by atoms with van der Waals surface area (Å²) in [5, 5.41) is 22.4. The first-order valence-electron chi connectivity index (χ1n) is 5.02. The van der Waals surface area contributed by atoms with E-state index in [0.29, 0.717) is 18.0 Å². The molecule has 2 atom stereocenters. The van der Waals surface area contributed by atoms with Crippen LogP contribution >= 0.6 is 0 Å². The van der Waals surface area contributed by atoms with E-state index in [0.717, 1.165) is 0 Å². The Kier molecular flexibility index (Phi) is 3.14. The van der Waals surface area contributed by atoms with Gasteiger partial charge in [0.15, 0.2) is 0 Å². The number of hydrogen-bond acceptors (Lipinski definition) is 5. The molecule has 2 rings (SSSR count). The second kappa shape index (κ2) is 4.56. The van der Waals surface area contributed by atoms with Gasteiger partial charge in [0, 0.05) is 18.9 Å². The molecule has 0 amide bonds. The zero-order valence-corrected chi connectivity index (χ0v) is 8.91. The molecule has 6 nitrogen and oxygen atoms in total. The molecular formula is C10H14N4O2. The molecule has 0 radical (unpaired) electrons. The third-order valence-corrected chi connectivity index (χ3v) is 2.40. The summed E-state index contributed by atoms with van der Waals surface area (Å²) in [6, 6.07) is 1.75. The Morgan fingerprint density at radius 1 is 1.44 bits per heavy atom. The SMILES string of the molecule is CNCC(O)C(O)c1cnc2ncccn12. The Bertz CT molecular complexity index is 471. The fraction of sp³-hybridized carbons (Fsp3) is 0.400. The fourth-order valence-electron chi connectivity index (χ4n) is 1.58. The summed E-state index contributed by atoms with van der Waals surface area (Å²) in [6.07, 6.45) is 3.05. The van der Waals surface area contributed by atoms with Gasteiger partial charge in [-0.3, -0.25) is 4.40 Å². The fourth-order valence-corrected chi connectivity index (χ4v) is 1.58. The second-order valence-electron chi connectivity index (χ2n) is 3.54. The highest BCUT2D eigenvalue weighted by Gasteiger charge is 2.21. The number of aliphatic hydroxyl groups is 2. The summed E-state index contributed by atoms with van der Waals surface area (Å²) in [6.45, 7) is 0.314. The van der Waals surface area contributed by atoms with Gasteiger partial charge in [0.1, 0.15) is 6.10 Å². The highest BCUT2D eigenvalue weighted by molar-refractivity contribution is 5.31. The normalized spacial score (nSPS) is 15.2. The number of nitrogens with one attached hydrogen (secondary N) is 1. The highest BCUT2D eigenvalue weighted by Crippen LogP contribution is 2.17. The second-order valence-corrected chi connectivity index (χ2v) is 3.54. The molecule has 0 saturated heterocycles. The third-order valence-electron chi connectivity index (χ3n) is 2.40. The number of rotatable bonds is 4. The van der Waals surface area contributed by atoms with Gasteiger partial charge in [-0.25, -0.2) is 9.97 Å². The Morgan fingerprint density at radius 2 is 2.25 bits per heavy atom. The lowest BCUT2D eigenvalue weighted by Crippen LogP contribution is -2.30. The van der Waals surface area contributed by atoms with Gasteiger partial charge >= 0.3 is 0 Å². The van der Waals surface area contributed by atoms with Gasteiger partial charge in [-0.15, -0.1) is 0 Å². The third kappa shape index (κ3) is 1.90. The molecule has 86 valence electrons. The van der Waals surface area contributed by atoms with Crippen molar-refractivity contribution in [1.29, 1.82) is 0 Å². The zero-order valence-electron chi connectivity index (χ0n) is 8.91. The maximum Gasteiger partial charge on any atom is 0.233 e. The van der Waals surface area contributed by atoms with Crippen LogP contribution in [0.15, 0.2) is 24.7 Å². The number of aliphatic hydroxyl groups excluding tert-OH is 2. The Balaban J connectivity index is 2.32. The highest BCUT2D eigenvalue weighted by atomic mass is 16.3. The summed E-state index contributed by atoms with van der Waals surface area (Å²) in [7, 11) is 1.71. The van der Waals surface area contributed by atoms with Crippen LogP contribution in [0, 0.1) is 0 Å². The van der Waals surface area contributed by atoms with Gasteiger partial charge in [0.25, 0.3) is 0 Å². The molecule has 0 aromatic carbocycles. The van der Waals surface area contributed by atoms with E-state index in [1.54, 1.807) is 29.9 Å². The Labute approximate surface area is 92.6 Å². The summed E-state index contributed by atoms with van der Waals surface area (Å²) in [4.78, 5) is 8.08. The van der Waals surface area contributed by atoms with Crippen LogP contribution in [0.3, 0.4) is 0 Å². The smallest absolute Gasteiger partial charge is 0.233 e. The van der Waals surface area contributed by atoms with E-state index in [9.17, 15) is 10.2 Å². The molecule has 2 heterocycles. The average molecular weight is 222 g/mol. The van der Waals surface area contributed by atoms with Crippen LogP contribution in [0.25, 0.3) is 5.78 Å². The maximum absolute atomic E-state index is 9.93. The largest absolute Gasteiger partial charge is 0.389 e. The molecule has 0 aliphatic carbocycles. The quantitative estimate of drug-likeness (QED) is 0.640. The molecular weight excluding hydrogens is 208 g/mol. The van der Waals surface area contributed by atoms with Crippen LogP contribution in [0.2, 0.25) is 0 Å². The van der Waals surface area contributed by atoms with E-state index in [-0.39, 0.29) is 0 Å². The van der Waals surface area contributed by atoms with E-state index < -0.39 is 12.2 Å². The van der Waals surface area contributed by atoms with Crippen LogP contribution in [-0.2, 0) is 0 Å². The number of aromatic nitrogens is 3. The number of imidazole rings is 1. The first-order valence-corrected chi connectivity index (χ1v) is 5.02. The standard InChI is InChI=1S/C10H14N4O2/c1-11-6-8(15)9(16)7-5-13-10-12-3-2-4-14(7)10/h2-5,8-9,11,15-16H,6H2,1H3. The lowest BCUT2D eigenvalue weighted by Gasteiger charge is -2.16. The van der Waals surface area contributed by atoms with Gasteiger partial charge in [-0.1, -0.05) is 0 Å². The van der Waals surface area contributed by atoms with E-state index in [2.05, 4.69) is 15.3 Å². The van der Waals surface area contributed by atoms with Gasteiger partial charge in [-0.2, -0.15) is 0 Å². The number of nitrogens with zero attached hydrogens (tertiary/aromatic N) is 3. The van der Waals surface area contributed by atoms with Gasteiger partial charge < -0.3 is 15.5 Å². The van der Waals surface area contributed by atoms with E-state index in [1.165, 1.54) is 6.20 Å². The van der Waals surface area contributed by atoms with Crippen LogP contribution < -0.4 is 5.32 Å². The van der Waals surface area contributed by atoms with Gasteiger partial charge in [-0.05, 0) is 13.1 Å². The van der Waals surface area contributed by atoms with E-state index in [4.69, 9.17) is 0 Å². The molecule has 6 heteroatoms. The summed E-state index contributed by atoms with van der Waals surface area (Å²) in [5.74, 6) is 0.508. The predicted octanol–water partition coefficient (Wildman–Crippen LogP) is -0.657. The van der Waals surface area contributed by atoms with Crippen molar-refractivity contribution in [3.63, 3.8) is 0 Å². The van der Waals surface area contributed by atoms with Crippen molar-refractivity contribution >= 4 is 5.78 Å². The first-order chi connectivity index (χ1) is 7.74. The van der Waals surface area contributed by atoms with Crippen molar-refractivity contribution in [2.24, 2.45) is 0 Å². The van der Waals surface area contributed by atoms with Crippen LogP contribution in [0.4, 0.5) is 0 Å². The van der Waals surface area contributed by atoms with E-state index in [1.807, 2.05) is 0 Å². The molecule has 16 heavy (non-hydrogen) atoms. The minimum Gasteiger partial charge on any atom is -0.389 e. The van der Waals surface area contributed by atoms with Crippen LogP contribution in [0.5, 0.6) is 0 Å². The lowest BCUT2D eigenvalue weighted by molar-refractivity contribution is 0.0172. The van der Waals surface area contributed by atoms with E-state index >= 15 is 0 Å². The van der Waals surface area contributed by atoms with Crippen molar-refractivity contribution in [3.05, 3.63) is 30.4 Å². The minimum absolute atomic E-state index is 0.314. The van der Waals surface area contributed by atoms with Crippen molar-refractivity contribution in [2.45, 2.75) is 12.2 Å². The van der Waals surface area contributed by atoms with Crippen LogP contribution in [-0.4, -0.2) is 44.3 Å². The van der Waals surface area contributed by atoms with Crippen molar-refractivity contribution in [3.8, 4) is 0 Å². The molecule has 2 aromatic rings. The molecule has 0 saturated carbocycles. The minimum atomic E-state index is -0.980. The molecule has 0 fully saturated rings. The summed E-state index contributed by atoms with van der Waals surface area (Å²) in [5.41, 5.74) is 0.533.